The van der Waals surface area contributed by atoms with E-state index >= 15 is 0 Å². The van der Waals surface area contributed by atoms with Crippen LogP contribution in [-0.4, -0.2) is 41.4 Å². The van der Waals surface area contributed by atoms with Crippen LogP contribution < -0.4 is 10.6 Å². The summed E-state index contributed by atoms with van der Waals surface area (Å²) in [4.78, 5) is 26.1. The molecule has 4 atom stereocenters. The van der Waals surface area contributed by atoms with Crippen LogP contribution in [0.1, 0.15) is 90.5 Å². The summed E-state index contributed by atoms with van der Waals surface area (Å²) < 4.78 is 5.40. The second kappa shape index (κ2) is 8.79. The molecule has 6 heteroatoms. The van der Waals surface area contributed by atoms with Crippen molar-refractivity contribution in [2.75, 3.05) is 6.61 Å². The summed E-state index contributed by atoms with van der Waals surface area (Å²) in [5.41, 5.74) is 0.310. The molecule has 1 aromatic rings. The van der Waals surface area contributed by atoms with Crippen molar-refractivity contribution in [2.24, 2.45) is 16.7 Å². The molecule has 0 saturated heterocycles. The molecular weight excluding hydrogens is 440 g/mol. The zero-order valence-corrected chi connectivity index (χ0v) is 21.6. The third-order valence-corrected chi connectivity index (χ3v) is 9.17. The van der Waals surface area contributed by atoms with Gasteiger partial charge in [0.15, 0.2) is 0 Å². The molecule has 2 amide bonds. The van der Waals surface area contributed by atoms with Crippen LogP contribution in [0.25, 0.3) is 0 Å². The summed E-state index contributed by atoms with van der Waals surface area (Å²) in [7, 11) is 0. The number of aliphatic hydroxyl groups excluding tert-OH is 1. The molecule has 3 unspecified atom stereocenters. The number of carbonyl (C=O) groups is 2. The maximum atomic E-state index is 13.9. The molecule has 6 nitrogen and oxygen atoms in total. The lowest BCUT2D eigenvalue weighted by Gasteiger charge is -2.66. The molecule has 5 aliphatic carbocycles. The van der Waals surface area contributed by atoms with Crippen molar-refractivity contribution in [2.45, 2.75) is 108 Å². The third kappa shape index (κ3) is 4.83. The summed E-state index contributed by atoms with van der Waals surface area (Å²) in [6.45, 7) is 5.78. The molecule has 0 spiro atoms. The first-order chi connectivity index (χ1) is 16.5. The van der Waals surface area contributed by atoms with Gasteiger partial charge in [-0.3, -0.25) is 4.79 Å². The van der Waals surface area contributed by atoms with Gasteiger partial charge in [-0.25, -0.2) is 4.79 Å². The van der Waals surface area contributed by atoms with Gasteiger partial charge in [0.05, 0.1) is 5.41 Å². The van der Waals surface area contributed by atoms with Gasteiger partial charge in [0, 0.05) is 18.7 Å². The van der Waals surface area contributed by atoms with Gasteiger partial charge in [-0.1, -0.05) is 30.3 Å². The van der Waals surface area contributed by atoms with Crippen molar-refractivity contribution in [1.82, 2.24) is 10.6 Å². The summed E-state index contributed by atoms with van der Waals surface area (Å²) in [5, 5.41) is 16.9. The van der Waals surface area contributed by atoms with Crippen molar-refractivity contribution in [3.05, 3.63) is 35.9 Å². The fourth-order valence-electron chi connectivity index (χ4n) is 8.38. The van der Waals surface area contributed by atoms with Crippen LogP contribution in [0.4, 0.5) is 4.79 Å². The standard InChI is InChI=1S/C29H42N2O4/c1-26(2,3)35-25(34)31-23-11-9-22(10-12-23)30-24(33)29-15-20-13-27(17-29,19-32)16-28(14-20,18-29)21-7-5-4-6-8-21/h4-8,20,22-23,32H,9-19H2,1-3H3,(H,30,33)(H,31,34)/t20-,22-,23-,27?,28?,29?/m1/s1. The molecule has 5 fully saturated rings. The van der Waals surface area contributed by atoms with Crippen LogP contribution in [0, 0.1) is 16.7 Å². The molecule has 4 bridgehead atoms. The Bertz CT molecular complexity index is 951. The van der Waals surface area contributed by atoms with Crippen LogP contribution in [0.2, 0.25) is 0 Å². The monoisotopic (exact) mass is 482 g/mol. The lowest BCUT2D eigenvalue weighted by Crippen LogP contribution is -2.64. The topological polar surface area (TPSA) is 87.7 Å². The number of alkyl carbamates (subject to hydrolysis) is 1. The maximum absolute atomic E-state index is 13.9. The second-order valence-corrected chi connectivity index (χ2v) is 13.3. The zero-order chi connectivity index (χ0) is 24.9. The van der Waals surface area contributed by atoms with Gasteiger partial charge in [-0.2, -0.15) is 0 Å². The van der Waals surface area contributed by atoms with E-state index < -0.39 is 5.60 Å². The van der Waals surface area contributed by atoms with Crippen molar-refractivity contribution < 1.29 is 19.4 Å². The molecule has 0 aliphatic heterocycles. The molecule has 1 aromatic carbocycles. The van der Waals surface area contributed by atoms with Gasteiger partial charge in [-0.05, 0) is 107 Å². The van der Waals surface area contributed by atoms with Crippen molar-refractivity contribution in [1.29, 1.82) is 0 Å². The summed E-state index contributed by atoms with van der Waals surface area (Å²) >= 11 is 0. The number of aliphatic hydroxyl groups is 1. The Kier molecular flexibility index (Phi) is 6.18. The highest BCUT2D eigenvalue weighted by Crippen LogP contribution is 2.70. The fourth-order valence-corrected chi connectivity index (χ4v) is 8.38. The summed E-state index contributed by atoms with van der Waals surface area (Å²) in [5.74, 6) is 0.696. The molecule has 0 radical (unpaired) electrons. The highest BCUT2D eigenvalue weighted by Gasteiger charge is 2.65. The van der Waals surface area contributed by atoms with E-state index in [1.165, 1.54) is 5.56 Å². The zero-order valence-electron chi connectivity index (χ0n) is 21.6. The summed E-state index contributed by atoms with van der Waals surface area (Å²) in [6.07, 6.45) is 8.87. The average Bonchev–Trinajstić information content (AvgIpc) is 2.79. The minimum Gasteiger partial charge on any atom is -0.444 e. The number of ether oxygens (including phenoxy) is 1. The normalized spacial score (nSPS) is 38.1. The van der Waals surface area contributed by atoms with Gasteiger partial charge < -0.3 is 20.5 Å². The number of amides is 2. The maximum Gasteiger partial charge on any atom is 0.407 e. The Morgan fingerprint density at radius 2 is 1.60 bits per heavy atom. The van der Waals surface area contributed by atoms with Crippen LogP contribution in [0.15, 0.2) is 30.3 Å². The van der Waals surface area contributed by atoms with E-state index in [0.29, 0.717) is 5.92 Å². The molecule has 35 heavy (non-hydrogen) atoms. The number of hydrogen-bond acceptors (Lipinski definition) is 4. The van der Waals surface area contributed by atoms with Crippen molar-refractivity contribution in [3.8, 4) is 0 Å². The van der Waals surface area contributed by atoms with Crippen molar-refractivity contribution in [3.63, 3.8) is 0 Å². The lowest BCUT2D eigenvalue weighted by atomic mass is 9.38. The minimum absolute atomic E-state index is 0.00422. The highest BCUT2D eigenvalue weighted by molar-refractivity contribution is 5.84. The predicted molar refractivity (Wildman–Crippen MR) is 135 cm³/mol. The first kappa shape index (κ1) is 24.6. The van der Waals surface area contributed by atoms with Gasteiger partial charge in [0.1, 0.15) is 5.60 Å². The van der Waals surface area contributed by atoms with E-state index in [9.17, 15) is 14.7 Å². The van der Waals surface area contributed by atoms with Gasteiger partial charge in [-0.15, -0.1) is 0 Å². The van der Waals surface area contributed by atoms with Crippen LogP contribution >= 0.6 is 0 Å². The van der Waals surface area contributed by atoms with E-state index in [1.807, 2.05) is 20.8 Å². The second-order valence-electron chi connectivity index (χ2n) is 13.3. The van der Waals surface area contributed by atoms with E-state index in [4.69, 9.17) is 4.74 Å². The smallest absolute Gasteiger partial charge is 0.407 e. The minimum atomic E-state index is -0.504. The summed E-state index contributed by atoms with van der Waals surface area (Å²) in [6, 6.07) is 11.0. The molecule has 0 heterocycles. The Labute approximate surface area is 209 Å². The number of benzene rings is 1. The predicted octanol–water partition coefficient (Wildman–Crippen LogP) is 4.84. The SMILES string of the molecule is CC(C)(C)OC(=O)N[C@H]1CC[C@H](NC(=O)C23C[C@@H]4CC(CO)(C2)CC(c2ccccc2)(C4)C3)CC1. The van der Waals surface area contributed by atoms with Crippen LogP contribution in [0.3, 0.4) is 0 Å². The molecular formula is C29H42N2O4. The van der Waals surface area contributed by atoms with E-state index in [1.54, 1.807) is 0 Å². The van der Waals surface area contributed by atoms with E-state index in [0.717, 1.165) is 64.2 Å². The Balaban J connectivity index is 1.25. The van der Waals surface area contributed by atoms with E-state index in [2.05, 4.69) is 41.0 Å². The molecule has 192 valence electrons. The van der Waals surface area contributed by atoms with Gasteiger partial charge >= 0.3 is 6.09 Å². The Morgan fingerprint density at radius 1 is 0.943 bits per heavy atom. The lowest BCUT2D eigenvalue weighted by molar-refractivity contribution is -0.169. The third-order valence-electron chi connectivity index (χ3n) is 9.17. The fraction of sp³-hybridized carbons (Fsp3) is 0.724. The number of rotatable bonds is 5. The molecule has 0 aromatic heterocycles. The highest BCUT2D eigenvalue weighted by atomic mass is 16.6. The van der Waals surface area contributed by atoms with Gasteiger partial charge in [0.2, 0.25) is 5.91 Å². The largest absolute Gasteiger partial charge is 0.444 e. The van der Waals surface area contributed by atoms with Crippen LogP contribution in [-0.2, 0) is 14.9 Å². The number of nitrogens with one attached hydrogen (secondary N) is 2. The first-order valence-electron chi connectivity index (χ1n) is 13.5. The molecule has 3 N–H and O–H groups in total. The Morgan fingerprint density at radius 3 is 2.23 bits per heavy atom. The molecule has 6 rings (SSSR count). The molecule has 5 aliphatic rings. The van der Waals surface area contributed by atoms with Gasteiger partial charge in [0.25, 0.3) is 0 Å². The average molecular weight is 483 g/mol. The number of carbonyl (C=O) groups excluding carboxylic acids is 2. The number of hydrogen-bond donors (Lipinski definition) is 3. The van der Waals surface area contributed by atoms with Crippen molar-refractivity contribution >= 4 is 12.0 Å². The van der Waals surface area contributed by atoms with Crippen LogP contribution in [0.5, 0.6) is 0 Å². The molecule has 5 saturated carbocycles. The van der Waals surface area contributed by atoms with E-state index in [-0.39, 0.29) is 46.9 Å². The Hall–Kier alpha value is -2.08. The quantitative estimate of drug-likeness (QED) is 0.560. The first-order valence-corrected chi connectivity index (χ1v) is 13.5.